The summed E-state index contributed by atoms with van der Waals surface area (Å²) in [6.07, 6.45) is 8.56. The molecule has 25 heavy (non-hydrogen) atoms. The van der Waals surface area contributed by atoms with Gasteiger partial charge in [0.15, 0.2) is 0 Å². The van der Waals surface area contributed by atoms with E-state index in [9.17, 15) is 5.11 Å². The van der Waals surface area contributed by atoms with Gasteiger partial charge >= 0.3 is 0 Å². The van der Waals surface area contributed by atoms with Crippen molar-refractivity contribution >= 4 is 5.69 Å². The number of hydrogen-bond donors (Lipinski definition) is 2. The highest BCUT2D eigenvalue weighted by molar-refractivity contribution is 5.83. The van der Waals surface area contributed by atoms with Crippen LogP contribution in [0.1, 0.15) is 48.8 Å². The highest BCUT2D eigenvalue weighted by Gasteiger charge is 2.22. The van der Waals surface area contributed by atoms with Crippen LogP contribution in [0.5, 0.6) is 5.88 Å². The average Bonchev–Trinajstić information content (AvgIpc) is 3.06. The van der Waals surface area contributed by atoms with Gasteiger partial charge in [-0.1, -0.05) is 6.07 Å². The number of nitrogens with zero attached hydrogens (tertiary/aromatic N) is 1. The predicted molar refractivity (Wildman–Crippen MR) is 99.7 cm³/mol. The first kappa shape index (κ1) is 16.4. The van der Waals surface area contributed by atoms with E-state index in [0.29, 0.717) is 5.88 Å². The summed E-state index contributed by atoms with van der Waals surface area (Å²) >= 11 is 0. The van der Waals surface area contributed by atoms with Crippen molar-refractivity contribution in [1.29, 1.82) is 0 Å². The van der Waals surface area contributed by atoms with E-state index in [4.69, 9.17) is 10.5 Å². The van der Waals surface area contributed by atoms with Gasteiger partial charge in [0.1, 0.15) is 6.10 Å². The molecule has 0 unspecified atom stereocenters. The summed E-state index contributed by atoms with van der Waals surface area (Å²) in [4.78, 5) is 4.38. The van der Waals surface area contributed by atoms with Gasteiger partial charge in [0, 0.05) is 23.5 Å². The van der Waals surface area contributed by atoms with Crippen molar-refractivity contribution in [1.82, 2.24) is 4.98 Å². The number of aryl methyl sites for hydroxylation is 2. The molecule has 3 N–H and O–H groups in total. The first-order valence-corrected chi connectivity index (χ1v) is 9.34. The van der Waals surface area contributed by atoms with Gasteiger partial charge < -0.3 is 15.6 Å². The number of nitrogen functional groups attached to an aromatic ring is 1. The second kappa shape index (κ2) is 6.68. The SMILES string of the molecule is Cc1cc2c(c(N)c1-c1ccnc(O[C@H]3CC[C@@H](O)CC3)c1)CCC2. The summed E-state index contributed by atoms with van der Waals surface area (Å²) in [7, 11) is 0. The Labute approximate surface area is 149 Å². The molecule has 2 aromatic rings. The number of aliphatic hydroxyl groups is 1. The Hall–Kier alpha value is -2.07. The summed E-state index contributed by atoms with van der Waals surface area (Å²) < 4.78 is 6.08. The number of hydrogen-bond acceptors (Lipinski definition) is 4. The molecule has 2 aliphatic carbocycles. The van der Waals surface area contributed by atoms with Crippen LogP contribution in [0.3, 0.4) is 0 Å². The normalized spacial score (nSPS) is 22.6. The molecule has 2 aliphatic rings. The van der Waals surface area contributed by atoms with E-state index in [1.54, 1.807) is 6.20 Å². The lowest BCUT2D eigenvalue weighted by Gasteiger charge is -2.25. The number of pyridine rings is 1. The van der Waals surface area contributed by atoms with Crippen molar-refractivity contribution in [2.24, 2.45) is 0 Å². The van der Waals surface area contributed by atoms with Crippen LogP contribution >= 0.6 is 0 Å². The van der Waals surface area contributed by atoms with Crippen LogP contribution in [0.4, 0.5) is 5.69 Å². The molecule has 1 fully saturated rings. The molecule has 132 valence electrons. The fourth-order valence-corrected chi connectivity index (χ4v) is 4.28. The number of anilines is 1. The van der Waals surface area contributed by atoms with Crippen molar-refractivity contribution in [3.63, 3.8) is 0 Å². The van der Waals surface area contributed by atoms with Crippen LogP contribution in [0.15, 0.2) is 24.4 Å². The van der Waals surface area contributed by atoms with Crippen LogP contribution in [0, 0.1) is 6.92 Å². The van der Waals surface area contributed by atoms with Gasteiger partial charge in [0.25, 0.3) is 0 Å². The largest absolute Gasteiger partial charge is 0.474 e. The van der Waals surface area contributed by atoms with Crippen LogP contribution in [0.2, 0.25) is 0 Å². The van der Waals surface area contributed by atoms with Crippen LogP contribution in [0.25, 0.3) is 11.1 Å². The molecule has 0 aliphatic heterocycles. The Morgan fingerprint density at radius 2 is 1.96 bits per heavy atom. The number of fused-ring (bicyclic) bond motifs is 1. The van der Waals surface area contributed by atoms with Gasteiger partial charge in [-0.25, -0.2) is 4.98 Å². The highest BCUT2D eigenvalue weighted by atomic mass is 16.5. The molecule has 1 heterocycles. The summed E-state index contributed by atoms with van der Waals surface area (Å²) in [5.41, 5.74) is 13.6. The first-order valence-electron chi connectivity index (χ1n) is 9.34. The molecular formula is C21H26N2O2. The molecule has 0 atom stereocenters. The second-order valence-electron chi connectivity index (χ2n) is 7.40. The van der Waals surface area contributed by atoms with Crippen molar-refractivity contribution in [2.45, 2.75) is 64.1 Å². The topological polar surface area (TPSA) is 68.4 Å². The fourth-order valence-electron chi connectivity index (χ4n) is 4.28. The van der Waals surface area contributed by atoms with E-state index in [-0.39, 0.29) is 12.2 Å². The van der Waals surface area contributed by atoms with Gasteiger partial charge in [0.05, 0.1) is 6.10 Å². The monoisotopic (exact) mass is 338 g/mol. The molecule has 0 saturated heterocycles. The summed E-state index contributed by atoms with van der Waals surface area (Å²) in [6, 6.07) is 6.31. The first-order chi connectivity index (χ1) is 12.1. The predicted octanol–water partition coefficient (Wildman–Crippen LogP) is 3.81. The van der Waals surface area contributed by atoms with Crippen LogP contribution in [-0.2, 0) is 12.8 Å². The third-order valence-electron chi connectivity index (χ3n) is 5.59. The molecule has 1 aromatic carbocycles. The molecule has 0 bridgehead atoms. The van der Waals surface area contributed by atoms with Crippen LogP contribution < -0.4 is 10.5 Å². The molecule has 1 aromatic heterocycles. The molecule has 0 amide bonds. The number of aliphatic hydroxyl groups excluding tert-OH is 1. The smallest absolute Gasteiger partial charge is 0.214 e. The van der Waals surface area contributed by atoms with E-state index < -0.39 is 0 Å². The second-order valence-corrected chi connectivity index (χ2v) is 7.40. The molecule has 1 saturated carbocycles. The summed E-state index contributed by atoms with van der Waals surface area (Å²) in [6.45, 7) is 2.13. The number of nitrogens with two attached hydrogens (primary N) is 1. The van der Waals surface area contributed by atoms with Gasteiger partial charge in [0.2, 0.25) is 5.88 Å². The zero-order valence-electron chi connectivity index (χ0n) is 14.8. The Morgan fingerprint density at radius 3 is 2.76 bits per heavy atom. The zero-order chi connectivity index (χ0) is 17.4. The summed E-state index contributed by atoms with van der Waals surface area (Å²) in [5, 5.41) is 9.64. The third-order valence-corrected chi connectivity index (χ3v) is 5.59. The number of ether oxygens (including phenoxy) is 1. The highest BCUT2D eigenvalue weighted by Crippen LogP contribution is 2.38. The van der Waals surface area contributed by atoms with Crippen molar-refractivity contribution in [2.75, 3.05) is 5.73 Å². The third kappa shape index (κ3) is 3.23. The van der Waals surface area contributed by atoms with Gasteiger partial charge in [-0.05, 0) is 80.2 Å². The molecular weight excluding hydrogens is 312 g/mol. The Bertz CT molecular complexity index is 780. The van der Waals surface area contributed by atoms with E-state index in [1.807, 2.05) is 12.1 Å². The van der Waals surface area contributed by atoms with Gasteiger partial charge in [-0.15, -0.1) is 0 Å². The van der Waals surface area contributed by atoms with Crippen LogP contribution in [-0.4, -0.2) is 22.3 Å². The zero-order valence-corrected chi connectivity index (χ0v) is 14.8. The molecule has 4 heteroatoms. The standard InChI is InChI=1S/C21H26N2O2/c1-13-11-14-3-2-4-18(14)21(22)20(13)15-9-10-23-19(12-15)25-17-7-5-16(24)6-8-17/h9-12,16-17,24H,2-8,22H2,1H3/t16-,17+. The summed E-state index contributed by atoms with van der Waals surface area (Å²) in [5.74, 6) is 0.651. The minimum Gasteiger partial charge on any atom is -0.474 e. The Morgan fingerprint density at radius 1 is 1.16 bits per heavy atom. The maximum Gasteiger partial charge on any atom is 0.214 e. The molecule has 0 radical (unpaired) electrons. The Balaban J connectivity index is 1.62. The number of aromatic nitrogens is 1. The Kier molecular flexibility index (Phi) is 4.38. The lowest BCUT2D eigenvalue weighted by molar-refractivity contribution is 0.0644. The average molecular weight is 338 g/mol. The number of benzene rings is 1. The van der Waals surface area contributed by atoms with E-state index >= 15 is 0 Å². The minimum absolute atomic E-state index is 0.143. The van der Waals surface area contributed by atoms with Crippen molar-refractivity contribution in [3.8, 4) is 17.0 Å². The van der Waals surface area contributed by atoms with Gasteiger partial charge in [-0.3, -0.25) is 0 Å². The molecule has 4 nitrogen and oxygen atoms in total. The minimum atomic E-state index is -0.173. The van der Waals surface area contributed by atoms with Gasteiger partial charge in [-0.2, -0.15) is 0 Å². The maximum absolute atomic E-state index is 9.64. The molecule has 0 spiro atoms. The van der Waals surface area contributed by atoms with E-state index in [0.717, 1.165) is 55.3 Å². The fraction of sp³-hybridized carbons (Fsp3) is 0.476. The van der Waals surface area contributed by atoms with Crippen molar-refractivity contribution < 1.29 is 9.84 Å². The molecule has 4 rings (SSSR count). The number of rotatable bonds is 3. The lowest BCUT2D eigenvalue weighted by atomic mass is 9.93. The van der Waals surface area contributed by atoms with Crippen molar-refractivity contribution in [3.05, 3.63) is 41.1 Å². The maximum atomic E-state index is 9.64. The quantitative estimate of drug-likeness (QED) is 0.835. The van der Waals surface area contributed by atoms with E-state index in [1.165, 1.54) is 23.1 Å². The van der Waals surface area contributed by atoms with E-state index in [2.05, 4.69) is 18.0 Å². The lowest BCUT2D eigenvalue weighted by Crippen LogP contribution is -2.26.